The molecule has 2 nitrogen and oxygen atoms in total. The van der Waals surface area contributed by atoms with Gasteiger partial charge in [-0.1, -0.05) is 79.4 Å². The smallest absolute Gasteiger partial charge is 0.123 e. The average molecular weight is 441 g/mol. The van der Waals surface area contributed by atoms with Gasteiger partial charge in [0.25, 0.3) is 0 Å². The van der Waals surface area contributed by atoms with Crippen LogP contribution in [0.2, 0.25) is 0 Å². The molecule has 3 heteroatoms. The third kappa shape index (κ3) is 8.28. The number of benzene rings is 2. The Hall–Kier alpha value is -3.30. The third-order valence-corrected chi connectivity index (χ3v) is 5.46. The Morgan fingerprint density at radius 3 is 2.61 bits per heavy atom. The van der Waals surface area contributed by atoms with Crippen molar-refractivity contribution in [3.8, 4) is 11.3 Å². The van der Waals surface area contributed by atoms with E-state index < -0.39 is 0 Å². The lowest BCUT2D eigenvalue weighted by molar-refractivity contribution is 0.624. The summed E-state index contributed by atoms with van der Waals surface area (Å²) in [4.78, 5) is 5.02. The summed E-state index contributed by atoms with van der Waals surface area (Å²) in [7, 11) is 0. The Kier molecular flexibility index (Phi) is 9.81. The van der Waals surface area contributed by atoms with Crippen LogP contribution in [0.5, 0.6) is 0 Å². The van der Waals surface area contributed by atoms with Crippen LogP contribution in [0.3, 0.4) is 0 Å². The second kappa shape index (κ2) is 13.3. The first-order chi connectivity index (χ1) is 16.2. The van der Waals surface area contributed by atoms with Gasteiger partial charge in [0.1, 0.15) is 5.82 Å². The van der Waals surface area contributed by atoms with Gasteiger partial charge in [-0.05, 0) is 74.1 Å². The molecule has 0 aliphatic rings. The molecule has 0 bridgehead atoms. The summed E-state index contributed by atoms with van der Waals surface area (Å²) in [6.45, 7) is 7.71. The fourth-order valence-electron chi connectivity index (χ4n) is 3.73. The Bertz CT molecular complexity index is 1080. The molecular formula is C30H33FN2. The van der Waals surface area contributed by atoms with Gasteiger partial charge in [0.05, 0.1) is 5.69 Å². The predicted octanol–water partition coefficient (Wildman–Crippen LogP) is 6.88. The van der Waals surface area contributed by atoms with E-state index in [-0.39, 0.29) is 5.82 Å². The fourth-order valence-corrected chi connectivity index (χ4v) is 3.73. The number of hydrogen-bond donors (Lipinski definition) is 1. The molecule has 0 amide bonds. The summed E-state index contributed by atoms with van der Waals surface area (Å²) < 4.78 is 13.5. The van der Waals surface area contributed by atoms with Gasteiger partial charge in [-0.3, -0.25) is 4.98 Å². The molecule has 0 radical (unpaired) electrons. The lowest BCUT2D eigenvalue weighted by atomic mass is 10.0. The maximum Gasteiger partial charge on any atom is 0.123 e. The largest absolute Gasteiger partial charge is 0.312 e. The molecule has 1 heterocycles. The fraction of sp³-hybridized carbons (Fsp3) is 0.233. The molecule has 0 saturated heterocycles. The summed E-state index contributed by atoms with van der Waals surface area (Å²) in [5, 5.41) is 3.48. The van der Waals surface area contributed by atoms with Crippen LogP contribution in [0.4, 0.5) is 4.39 Å². The van der Waals surface area contributed by atoms with Crippen molar-refractivity contribution in [2.45, 2.75) is 32.6 Å². The summed E-state index contributed by atoms with van der Waals surface area (Å²) >= 11 is 0. The van der Waals surface area contributed by atoms with Gasteiger partial charge in [-0.2, -0.15) is 0 Å². The van der Waals surface area contributed by atoms with E-state index in [4.69, 9.17) is 4.98 Å². The van der Waals surface area contributed by atoms with Crippen LogP contribution in [0, 0.1) is 5.82 Å². The van der Waals surface area contributed by atoms with E-state index >= 15 is 0 Å². The van der Waals surface area contributed by atoms with Gasteiger partial charge >= 0.3 is 0 Å². The highest BCUT2D eigenvalue weighted by Gasteiger charge is 2.08. The number of rotatable bonds is 12. The molecule has 1 aromatic heterocycles. The number of pyridine rings is 1. The van der Waals surface area contributed by atoms with Crippen LogP contribution < -0.4 is 5.32 Å². The van der Waals surface area contributed by atoms with E-state index in [9.17, 15) is 4.39 Å². The molecule has 0 spiro atoms. The van der Waals surface area contributed by atoms with Crippen molar-refractivity contribution in [2.75, 3.05) is 13.1 Å². The van der Waals surface area contributed by atoms with E-state index in [1.54, 1.807) is 12.1 Å². The molecule has 0 aliphatic carbocycles. The number of aromatic nitrogens is 1. The summed E-state index contributed by atoms with van der Waals surface area (Å²) in [6, 6.07) is 21.5. The van der Waals surface area contributed by atoms with E-state index in [1.165, 1.54) is 11.6 Å². The highest BCUT2D eigenvalue weighted by atomic mass is 19.1. The zero-order valence-corrected chi connectivity index (χ0v) is 19.4. The van der Waals surface area contributed by atoms with E-state index in [0.29, 0.717) is 0 Å². The number of aryl methyl sites for hydroxylation is 2. The SMILES string of the molecule is C=C(/C=C\C=C/C)CNCCc1ccc(-c2ccccc2)nc1CCCc1cccc(F)c1. The number of nitrogens with zero attached hydrogens (tertiary/aromatic N) is 1. The molecule has 1 N–H and O–H groups in total. The van der Waals surface area contributed by atoms with Crippen molar-refractivity contribution in [3.63, 3.8) is 0 Å². The molecule has 0 unspecified atom stereocenters. The summed E-state index contributed by atoms with van der Waals surface area (Å²) in [6.07, 6.45) is 11.6. The molecule has 33 heavy (non-hydrogen) atoms. The molecule has 170 valence electrons. The first kappa shape index (κ1) is 24.3. The van der Waals surface area contributed by atoms with Crippen LogP contribution in [-0.2, 0) is 19.3 Å². The van der Waals surface area contributed by atoms with Crippen molar-refractivity contribution < 1.29 is 4.39 Å². The minimum absolute atomic E-state index is 0.175. The number of hydrogen-bond acceptors (Lipinski definition) is 2. The first-order valence-electron chi connectivity index (χ1n) is 11.6. The third-order valence-electron chi connectivity index (χ3n) is 5.46. The second-order valence-electron chi connectivity index (χ2n) is 8.12. The van der Waals surface area contributed by atoms with Gasteiger partial charge in [-0.15, -0.1) is 0 Å². The minimum atomic E-state index is -0.175. The molecule has 0 aliphatic heterocycles. The highest BCUT2D eigenvalue weighted by Crippen LogP contribution is 2.21. The van der Waals surface area contributed by atoms with Crippen LogP contribution in [0.25, 0.3) is 11.3 Å². The standard InChI is InChI=1S/C30H33FN2/c1-3-4-6-11-24(2)23-32-21-20-27-18-19-30(26-14-7-5-8-15-26)33-29(27)17-10-13-25-12-9-16-28(31)22-25/h3-9,11-12,14-16,18-19,22,32H,2,10,13,17,20-21,23H2,1H3/b4-3-,11-6-. The maximum atomic E-state index is 13.5. The van der Waals surface area contributed by atoms with Crippen LogP contribution >= 0.6 is 0 Å². The first-order valence-corrected chi connectivity index (χ1v) is 11.6. The Morgan fingerprint density at radius 2 is 1.82 bits per heavy atom. The van der Waals surface area contributed by atoms with Crippen molar-refractivity contribution in [1.82, 2.24) is 10.3 Å². The number of allylic oxidation sites excluding steroid dienone is 3. The van der Waals surface area contributed by atoms with Crippen molar-refractivity contribution in [1.29, 1.82) is 0 Å². The summed E-state index contributed by atoms with van der Waals surface area (Å²) in [5.74, 6) is -0.175. The number of halogens is 1. The normalized spacial score (nSPS) is 11.5. The van der Waals surface area contributed by atoms with E-state index in [1.807, 2.05) is 55.5 Å². The molecule has 3 rings (SSSR count). The topological polar surface area (TPSA) is 24.9 Å². The molecule has 0 fully saturated rings. The second-order valence-corrected chi connectivity index (χ2v) is 8.12. The van der Waals surface area contributed by atoms with Gasteiger partial charge in [0, 0.05) is 17.8 Å². The molecule has 0 saturated carbocycles. The Balaban J connectivity index is 1.64. The van der Waals surface area contributed by atoms with Crippen molar-refractivity contribution in [3.05, 3.63) is 126 Å². The Morgan fingerprint density at radius 1 is 0.970 bits per heavy atom. The zero-order valence-electron chi connectivity index (χ0n) is 19.4. The average Bonchev–Trinajstić information content (AvgIpc) is 2.83. The zero-order chi connectivity index (χ0) is 23.3. The summed E-state index contributed by atoms with van der Waals surface area (Å²) in [5.41, 5.74) is 6.59. The molecular weight excluding hydrogens is 407 g/mol. The minimum Gasteiger partial charge on any atom is -0.312 e. The van der Waals surface area contributed by atoms with Gasteiger partial charge < -0.3 is 5.32 Å². The highest BCUT2D eigenvalue weighted by molar-refractivity contribution is 5.59. The lowest BCUT2D eigenvalue weighted by Gasteiger charge is -2.12. The predicted molar refractivity (Wildman–Crippen MR) is 138 cm³/mol. The van der Waals surface area contributed by atoms with E-state index in [2.05, 4.69) is 36.2 Å². The molecule has 2 aromatic carbocycles. The van der Waals surface area contributed by atoms with E-state index in [0.717, 1.165) is 66.9 Å². The Labute approximate surface area is 197 Å². The van der Waals surface area contributed by atoms with Crippen LogP contribution in [0.1, 0.15) is 30.2 Å². The maximum absolute atomic E-state index is 13.5. The van der Waals surface area contributed by atoms with Gasteiger partial charge in [0.15, 0.2) is 0 Å². The van der Waals surface area contributed by atoms with Crippen molar-refractivity contribution >= 4 is 0 Å². The molecule has 3 aromatic rings. The monoisotopic (exact) mass is 440 g/mol. The van der Waals surface area contributed by atoms with Gasteiger partial charge in [0.2, 0.25) is 0 Å². The molecule has 0 atom stereocenters. The van der Waals surface area contributed by atoms with Crippen molar-refractivity contribution in [2.24, 2.45) is 0 Å². The van der Waals surface area contributed by atoms with Crippen LogP contribution in [0.15, 0.2) is 103 Å². The van der Waals surface area contributed by atoms with Gasteiger partial charge in [-0.25, -0.2) is 4.39 Å². The number of nitrogens with one attached hydrogen (secondary N) is 1. The lowest BCUT2D eigenvalue weighted by Crippen LogP contribution is -2.20. The quantitative estimate of drug-likeness (QED) is 0.245. The van der Waals surface area contributed by atoms with Crippen LogP contribution in [-0.4, -0.2) is 18.1 Å².